The third kappa shape index (κ3) is 5.14. The molecule has 2 aromatic rings. The number of nitrogens with zero attached hydrogens (tertiary/aromatic N) is 4. The van der Waals surface area contributed by atoms with Gasteiger partial charge in [0.1, 0.15) is 21.8 Å². The number of hydrogen-bond acceptors (Lipinski definition) is 6. The van der Waals surface area contributed by atoms with Gasteiger partial charge < -0.3 is 4.90 Å². The number of amides is 1. The fourth-order valence-electron chi connectivity index (χ4n) is 5.29. The second-order valence-electron chi connectivity index (χ2n) is 9.91. The van der Waals surface area contributed by atoms with Gasteiger partial charge in [-0.1, -0.05) is 75.1 Å². The van der Waals surface area contributed by atoms with Gasteiger partial charge in [0.2, 0.25) is 0 Å². The van der Waals surface area contributed by atoms with E-state index in [4.69, 9.17) is 12.2 Å². The smallest absolute Gasteiger partial charge is 0.270 e. The van der Waals surface area contributed by atoms with Gasteiger partial charge in [-0.3, -0.25) is 19.1 Å². The molecule has 2 fully saturated rings. The molecule has 2 unspecified atom stereocenters. The normalized spacial score (nSPS) is 21.4. The van der Waals surface area contributed by atoms with Gasteiger partial charge in [0.25, 0.3) is 11.5 Å². The van der Waals surface area contributed by atoms with Crippen molar-refractivity contribution < 1.29 is 4.79 Å². The molecule has 4 rings (SSSR count). The number of piperidine rings is 1. The number of carbonyl (C=O) groups is 1. The Hall–Kier alpha value is -2.89. The van der Waals surface area contributed by atoms with Crippen LogP contribution in [-0.2, 0) is 17.9 Å². The molecule has 0 N–H and O–H groups in total. The summed E-state index contributed by atoms with van der Waals surface area (Å²) in [5.74, 6) is 1.62. The quantitative estimate of drug-likeness (QED) is 0.379. The summed E-state index contributed by atoms with van der Waals surface area (Å²) in [5, 5.41) is 9.86. The van der Waals surface area contributed by atoms with Crippen molar-refractivity contribution in [3.05, 3.63) is 67.8 Å². The van der Waals surface area contributed by atoms with Gasteiger partial charge in [-0.25, -0.2) is 0 Å². The molecule has 2 aliphatic heterocycles. The van der Waals surface area contributed by atoms with E-state index in [0.29, 0.717) is 39.7 Å². The third-order valence-electron chi connectivity index (χ3n) is 6.79. The molecule has 0 spiro atoms. The van der Waals surface area contributed by atoms with Crippen molar-refractivity contribution in [1.82, 2.24) is 9.47 Å². The van der Waals surface area contributed by atoms with Crippen LogP contribution in [0.1, 0.15) is 55.9 Å². The molecule has 0 saturated carbocycles. The molecule has 1 aromatic heterocycles. The van der Waals surface area contributed by atoms with E-state index < -0.39 is 0 Å². The first kappa shape index (κ1) is 26.2. The summed E-state index contributed by atoms with van der Waals surface area (Å²) in [6, 6.07) is 11.9. The van der Waals surface area contributed by atoms with E-state index in [9.17, 15) is 14.9 Å². The van der Waals surface area contributed by atoms with E-state index in [1.807, 2.05) is 50.3 Å². The van der Waals surface area contributed by atoms with Crippen LogP contribution in [0.15, 0.2) is 40.0 Å². The Kier molecular flexibility index (Phi) is 8.01. The van der Waals surface area contributed by atoms with Gasteiger partial charge in [-0.15, -0.1) is 0 Å². The molecule has 0 radical (unpaired) electrons. The summed E-state index contributed by atoms with van der Waals surface area (Å²) in [6.45, 7) is 10.9. The second-order valence-corrected chi connectivity index (χ2v) is 11.6. The predicted octanol–water partition coefficient (Wildman–Crippen LogP) is 5.32. The minimum Gasteiger partial charge on any atom is -0.357 e. The minimum absolute atomic E-state index is 0.135. The van der Waals surface area contributed by atoms with Gasteiger partial charge in [0.15, 0.2) is 0 Å². The van der Waals surface area contributed by atoms with Gasteiger partial charge in [-0.2, -0.15) is 5.26 Å². The van der Waals surface area contributed by atoms with Crippen LogP contribution in [0.5, 0.6) is 0 Å². The first-order valence-corrected chi connectivity index (χ1v) is 13.7. The van der Waals surface area contributed by atoms with Gasteiger partial charge >= 0.3 is 0 Å². The lowest BCUT2D eigenvalue weighted by molar-refractivity contribution is -0.122. The second kappa shape index (κ2) is 11.0. The molecule has 36 heavy (non-hydrogen) atoms. The van der Waals surface area contributed by atoms with E-state index in [1.165, 1.54) is 11.8 Å². The molecule has 2 saturated heterocycles. The molecular weight excluding hydrogens is 488 g/mol. The Bertz CT molecular complexity index is 1300. The summed E-state index contributed by atoms with van der Waals surface area (Å²) in [7, 11) is 0. The van der Waals surface area contributed by atoms with Crippen LogP contribution < -0.4 is 10.5 Å². The molecule has 188 valence electrons. The third-order valence-corrected chi connectivity index (χ3v) is 8.17. The Morgan fingerprint density at radius 2 is 1.83 bits per heavy atom. The van der Waals surface area contributed by atoms with E-state index in [-0.39, 0.29) is 17.0 Å². The van der Waals surface area contributed by atoms with Crippen molar-refractivity contribution in [2.75, 3.05) is 18.0 Å². The molecule has 0 bridgehead atoms. The van der Waals surface area contributed by atoms with Crippen molar-refractivity contribution in [2.45, 2.75) is 53.6 Å². The summed E-state index contributed by atoms with van der Waals surface area (Å²) >= 11 is 6.86. The highest BCUT2D eigenvalue weighted by molar-refractivity contribution is 8.26. The number of aromatic nitrogens is 1. The van der Waals surface area contributed by atoms with Crippen LogP contribution >= 0.6 is 24.0 Å². The number of carbonyl (C=O) groups excluding carboxylic acids is 1. The summed E-state index contributed by atoms with van der Waals surface area (Å²) in [6.07, 6.45) is 3.75. The lowest BCUT2D eigenvalue weighted by Gasteiger charge is -2.39. The molecule has 2 atom stereocenters. The van der Waals surface area contributed by atoms with Crippen molar-refractivity contribution in [3.63, 3.8) is 0 Å². The first-order valence-electron chi connectivity index (χ1n) is 12.5. The Morgan fingerprint density at radius 1 is 1.17 bits per heavy atom. The number of nitriles is 1. The Morgan fingerprint density at radius 3 is 2.44 bits per heavy atom. The minimum atomic E-state index is -0.258. The Labute approximate surface area is 222 Å². The lowest BCUT2D eigenvalue weighted by atomic mass is 9.91. The average Bonchev–Trinajstić information content (AvgIpc) is 3.10. The average molecular weight is 521 g/mol. The maximum absolute atomic E-state index is 13.5. The fraction of sp³-hybridized carbons (Fsp3) is 0.429. The molecular formula is C28H32N4O2S2. The van der Waals surface area contributed by atoms with Crippen LogP contribution in [0, 0.1) is 30.1 Å². The van der Waals surface area contributed by atoms with E-state index in [1.54, 1.807) is 9.47 Å². The van der Waals surface area contributed by atoms with Crippen molar-refractivity contribution >= 4 is 46.1 Å². The molecule has 2 aliphatic rings. The van der Waals surface area contributed by atoms with Crippen molar-refractivity contribution in [2.24, 2.45) is 11.8 Å². The topological polar surface area (TPSA) is 69.3 Å². The zero-order valence-corrected chi connectivity index (χ0v) is 22.9. The molecule has 0 aliphatic carbocycles. The fourth-order valence-corrected chi connectivity index (χ4v) is 6.52. The summed E-state index contributed by atoms with van der Waals surface area (Å²) in [5.41, 5.74) is 2.26. The van der Waals surface area contributed by atoms with Crippen LogP contribution in [0.25, 0.3) is 6.08 Å². The van der Waals surface area contributed by atoms with E-state index in [0.717, 1.165) is 42.9 Å². The SMILES string of the molecule is CCCn1c(N2CC(C)CC(C)C2)c(C=C2SC(=S)N(Cc3ccccc3)C2=O)c(C)c(C#N)c1=O. The van der Waals surface area contributed by atoms with Crippen molar-refractivity contribution in [1.29, 1.82) is 5.26 Å². The lowest BCUT2D eigenvalue weighted by Crippen LogP contribution is -2.43. The molecule has 1 aromatic carbocycles. The van der Waals surface area contributed by atoms with E-state index in [2.05, 4.69) is 24.8 Å². The molecule has 6 nitrogen and oxygen atoms in total. The number of hydrogen-bond donors (Lipinski definition) is 0. The van der Waals surface area contributed by atoms with E-state index >= 15 is 0 Å². The monoisotopic (exact) mass is 520 g/mol. The molecule has 8 heteroatoms. The predicted molar refractivity (Wildman–Crippen MR) is 151 cm³/mol. The molecule has 1 amide bonds. The zero-order chi connectivity index (χ0) is 26.0. The Balaban J connectivity index is 1.84. The van der Waals surface area contributed by atoms with Crippen molar-refractivity contribution in [3.8, 4) is 6.07 Å². The van der Waals surface area contributed by atoms with Gasteiger partial charge in [0, 0.05) is 25.2 Å². The number of pyridine rings is 1. The largest absolute Gasteiger partial charge is 0.357 e. The number of thioether (sulfide) groups is 1. The summed E-state index contributed by atoms with van der Waals surface area (Å²) < 4.78 is 2.25. The zero-order valence-electron chi connectivity index (χ0n) is 21.3. The van der Waals surface area contributed by atoms with Crippen LogP contribution in [0.4, 0.5) is 5.82 Å². The maximum Gasteiger partial charge on any atom is 0.270 e. The highest BCUT2D eigenvalue weighted by atomic mass is 32.2. The number of rotatable bonds is 6. The number of anilines is 1. The van der Waals surface area contributed by atoms with Gasteiger partial charge in [0.05, 0.1) is 11.4 Å². The van der Waals surface area contributed by atoms with Crippen LogP contribution in [0.3, 0.4) is 0 Å². The van der Waals surface area contributed by atoms with Crippen LogP contribution in [-0.4, -0.2) is 32.8 Å². The number of thiocarbonyl (C=S) groups is 1. The standard InChI is InChI=1S/C28H32N4O2S2/c1-5-11-31-25(30-15-18(2)12-19(3)16-30)22(20(4)23(14-29)26(31)33)13-24-27(34)32(28(35)36-24)17-21-9-7-6-8-10-21/h6-10,13,18-19H,5,11-12,15-17H2,1-4H3. The maximum atomic E-state index is 13.5. The van der Waals surface area contributed by atoms with Gasteiger partial charge in [-0.05, 0) is 48.8 Å². The first-order chi connectivity index (χ1) is 17.2. The summed E-state index contributed by atoms with van der Waals surface area (Å²) in [4.78, 5) is 31.3. The highest BCUT2D eigenvalue weighted by Crippen LogP contribution is 2.37. The highest BCUT2D eigenvalue weighted by Gasteiger charge is 2.34. The van der Waals surface area contributed by atoms with Crippen LogP contribution in [0.2, 0.25) is 0 Å². The molecule has 3 heterocycles. The number of benzene rings is 1.